The predicted molar refractivity (Wildman–Crippen MR) is 49.5 cm³/mol. The van der Waals surface area contributed by atoms with E-state index in [-0.39, 0.29) is 22.5 Å². The lowest BCUT2D eigenvalue weighted by Crippen LogP contribution is -1.95. The van der Waals surface area contributed by atoms with Crippen LogP contribution in [-0.2, 0) is 0 Å². The maximum atomic E-state index is 10.5. The van der Waals surface area contributed by atoms with Crippen LogP contribution in [-0.4, -0.2) is 11.0 Å². The fourth-order valence-corrected chi connectivity index (χ4v) is 1.10. The number of halogens is 2. The Balaban J connectivity index is 3.10. The van der Waals surface area contributed by atoms with Crippen LogP contribution in [0.1, 0.15) is 0 Å². The van der Waals surface area contributed by atoms with Gasteiger partial charge in [-0.1, -0.05) is 23.2 Å². The highest BCUT2D eigenvalue weighted by Gasteiger charge is 2.14. The Kier molecular flexibility index (Phi) is 3.33. The SMILES string of the molecule is O=[N+]([O-])c1cc(Cl)ccc1OCCl. The summed E-state index contributed by atoms with van der Waals surface area (Å²) in [4.78, 5) is 9.90. The topological polar surface area (TPSA) is 52.4 Å². The largest absolute Gasteiger partial charge is 0.471 e. The van der Waals surface area contributed by atoms with E-state index in [1.807, 2.05) is 0 Å². The molecule has 4 nitrogen and oxygen atoms in total. The molecule has 1 aromatic carbocycles. The van der Waals surface area contributed by atoms with Crippen molar-refractivity contribution in [3.05, 3.63) is 33.3 Å². The zero-order valence-electron chi connectivity index (χ0n) is 6.37. The summed E-state index contributed by atoms with van der Waals surface area (Å²) in [6.45, 7) is 0. The van der Waals surface area contributed by atoms with Crippen LogP contribution in [0.25, 0.3) is 0 Å². The normalized spacial score (nSPS) is 9.69. The highest BCUT2D eigenvalue weighted by atomic mass is 35.5. The van der Waals surface area contributed by atoms with Gasteiger partial charge in [-0.25, -0.2) is 0 Å². The fraction of sp³-hybridized carbons (Fsp3) is 0.143. The number of hydrogen-bond acceptors (Lipinski definition) is 3. The molecule has 70 valence electrons. The second kappa shape index (κ2) is 4.30. The number of hydrogen-bond donors (Lipinski definition) is 0. The highest BCUT2D eigenvalue weighted by Crippen LogP contribution is 2.29. The van der Waals surface area contributed by atoms with Gasteiger partial charge in [-0.05, 0) is 12.1 Å². The van der Waals surface area contributed by atoms with Crippen LogP contribution in [0.15, 0.2) is 18.2 Å². The Hall–Kier alpha value is -1.00. The molecule has 0 heterocycles. The summed E-state index contributed by atoms with van der Waals surface area (Å²) in [5, 5.41) is 10.8. The Morgan fingerprint density at radius 2 is 2.23 bits per heavy atom. The Labute approximate surface area is 84.2 Å². The molecule has 0 saturated carbocycles. The second-order valence-electron chi connectivity index (χ2n) is 2.12. The summed E-state index contributed by atoms with van der Waals surface area (Å²) in [6.07, 6.45) is 0. The van der Waals surface area contributed by atoms with E-state index in [0.29, 0.717) is 0 Å². The molecular weight excluding hydrogens is 217 g/mol. The predicted octanol–water partition coefficient (Wildman–Crippen LogP) is 2.82. The first-order valence-corrected chi connectivity index (χ1v) is 4.19. The smallest absolute Gasteiger partial charge is 0.312 e. The summed E-state index contributed by atoms with van der Waals surface area (Å²) in [6, 6.07) is 3.98. The van der Waals surface area contributed by atoms with E-state index in [2.05, 4.69) is 0 Å². The molecule has 0 aromatic heterocycles. The zero-order chi connectivity index (χ0) is 9.84. The molecule has 0 N–H and O–H groups in total. The van der Waals surface area contributed by atoms with Crippen molar-refractivity contribution in [1.82, 2.24) is 0 Å². The summed E-state index contributed by atoms with van der Waals surface area (Å²) >= 11 is 10.8. The Bertz CT molecular complexity index is 330. The molecule has 0 aliphatic rings. The van der Waals surface area contributed by atoms with Crippen molar-refractivity contribution in [2.24, 2.45) is 0 Å². The molecule has 0 spiro atoms. The van der Waals surface area contributed by atoms with Crippen LogP contribution in [0.2, 0.25) is 5.02 Å². The first kappa shape index (κ1) is 10.1. The minimum absolute atomic E-state index is 0.115. The molecule has 0 radical (unpaired) electrons. The molecule has 1 rings (SSSR count). The van der Waals surface area contributed by atoms with Crippen LogP contribution < -0.4 is 4.74 Å². The van der Waals surface area contributed by atoms with Gasteiger partial charge in [0.15, 0.2) is 11.8 Å². The van der Waals surface area contributed by atoms with Gasteiger partial charge in [0.2, 0.25) is 0 Å². The van der Waals surface area contributed by atoms with Gasteiger partial charge in [0.05, 0.1) is 4.92 Å². The van der Waals surface area contributed by atoms with Gasteiger partial charge in [-0.2, -0.15) is 0 Å². The van der Waals surface area contributed by atoms with Gasteiger partial charge >= 0.3 is 5.69 Å². The monoisotopic (exact) mass is 221 g/mol. The average molecular weight is 222 g/mol. The van der Waals surface area contributed by atoms with E-state index in [1.54, 1.807) is 0 Å². The number of nitrogens with zero attached hydrogens (tertiary/aromatic N) is 1. The number of ether oxygens (including phenoxy) is 1. The molecule has 0 aliphatic heterocycles. The van der Waals surface area contributed by atoms with Crippen LogP contribution in [0, 0.1) is 10.1 Å². The lowest BCUT2D eigenvalue weighted by Gasteiger charge is -2.02. The zero-order valence-corrected chi connectivity index (χ0v) is 7.88. The Morgan fingerprint density at radius 3 is 2.77 bits per heavy atom. The third-order valence-electron chi connectivity index (χ3n) is 1.33. The maximum Gasteiger partial charge on any atom is 0.312 e. The lowest BCUT2D eigenvalue weighted by molar-refractivity contribution is -0.385. The third kappa shape index (κ3) is 2.47. The number of benzene rings is 1. The molecule has 0 unspecified atom stereocenters. The van der Waals surface area contributed by atoms with Gasteiger partial charge in [0, 0.05) is 11.1 Å². The van der Waals surface area contributed by atoms with Crippen molar-refractivity contribution in [3.63, 3.8) is 0 Å². The molecule has 0 atom stereocenters. The summed E-state index contributed by atoms with van der Waals surface area (Å²) in [7, 11) is 0. The van der Waals surface area contributed by atoms with E-state index in [0.717, 1.165) is 0 Å². The van der Waals surface area contributed by atoms with Gasteiger partial charge in [-0.3, -0.25) is 10.1 Å². The minimum atomic E-state index is -0.576. The third-order valence-corrected chi connectivity index (χ3v) is 1.67. The number of rotatable bonds is 3. The molecule has 0 saturated heterocycles. The number of nitro benzene ring substituents is 1. The van der Waals surface area contributed by atoms with E-state index in [4.69, 9.17) is 27.9 Å². The van der Waals surface area contributed by atoms with Crippen LogP contribution in [0.5, 0.6) is 5.75 Å². The standard InChI is InChI=1S/C7H5Cl2NO3/c8-4-13-7-2-1-5(9)3-6(7)10(11)12/h1-3H,4H2. The minimum Gasteiger partial charge on any atom is -0.471 e. The van der Waals surface area contributed by atoms with Crippen molar-refractivity contribution >= 4 is 28.9 Å². The summed E-state index contributed by atoms with van der Waals surface area (Å²) in [5.41, 5.74) is -0.187. The van der Waals surface area contributed by atoms with E-state index in [1.165, 1.54) is 18.2 Å². The van der Waals surface area contributed by atoms with Crippen LogP contribution in [0.3, 0.4) is 0 Å². The van der Waals surface area contributed by atoms with Crippen LogP contribution in [0.4, 0.5) is 5.69 Å². The summed E-state index contributed by atoms with van der Waals surface area (Å²) in [5.74, 6) is 0.115. The van der Waals surface area contributed by atoms with Gasteiger partial charge < -0.3 is 4.74 Å². The van der Waals surface area contributed by atoms with Crippen molar-refractivity contribution < 1.29 is 9.66 Å². The van der Waals surface area contributed by atoms with E-state index >= 15 is 0 Å². The quantitative estimate of drug-likeness (QED) is 0.448. The van der Waals surface area contributed by atoms with Crippen molar-refractivity contribution in [2.45, 2.75) is 0 Å². The molecular formula is C7H5Cl2NO3. The molecule has 0 aliphatic carbocycles. The van der Waals surface area contributed by atoms with Gasteiger partial charge in [0.25, 0.3) is 0 Å². The fourth-order valence-electron chi connectivity index (χ4n) is 0.814. The van der Waals surface area contributed by atoms with Gasteiger partial charge in [-0.15, -0.1) is 0 Å². The molecule has 1 aromatic rings. The Morgan fingerprint density at radius 1 is 1.54 bits per heavy atom. The number of nitro groups is 1. The molecule has 0 fully saturated rings. The maximum absolute atomic E-state index is 10.5. The van der Waals surface area contributed by atoms with Crippen molar-refractivity contribution in [3.8, 4) is 5.75 Å². The van der Waals surface area contributed by atoms with Crippen molar-refractivity contribution in [1.29, 1.82) is 0 Å². The lowest BCUT2D eigenvalue weighted by atomic mass is 10.3. The van der Waals surface area contributed by atoms with Crippen LogP contribution >= 0.6 is 23.2 Å². The highest BCUT2D eigenvalue weighted by molar-refractivity contribution is 6.30. The molecule has 13 heavy (non-hydrogen) atoms. The molecule has 0 bridgehead atoms. The second-order valence-corrected chi connectivity index (χ2v) is 2.78. The first-order valence-electron chi connectivity index (χ1n) is 3.28. The first-order chi connectivity index (χ1) is 6.15. The van der Waals surface area contributed by atoms with Crippen molar-refractivity contribution in [2.75, 3.05) is 6.07 Å². The average Bonchev–Trinajstić information content (AvgIpc) is 2.08. The van der Waals surface area contributed by atoms with E-state index in [9.17, 15) is 10.1 Å². The molecule has 0 amide bonds. The van der Waals surface area contributed by atoms with Gasteiger partial charge in [0.1, 0.15) is 0 Å². The summed E-state index contributed by atoms with van der Waals surface area (Å²) < 4.78 is 4.82. The molecule has 6 heteroatoms. The number of alkyl halides is 1. The van der Waals surface area contributed by atoms with E-state index < -0.39 is 4.92 Å².